The third-order valence-corrected chi connectivity index (χ3v) is 2.83. The Labute approximate surface area is 105 Å². The second-order valence-corrected chi connectivity index (χ2v) is 4.28. The third-order valence-electron chi connectivity index (χ3n) is 2.83. The highest BCUT2D eigenvalue weighted by Crippen LogP contribution is 2.04. The van der Waals surface area contributed by atoms with Gasteiger partial charge >= 0.3 is 0 Å². The maximum atomic E-state index is 5.56. The van der Waals surface area contributed by atoms with Gasteiger partial charge in [0.2, 0.25) is 0 Å². The van der Waals surface area contributed by atoms with Crippen LogP contribution in [0.1, 0.15) is 31.5 Å². The van der Waals surface area contributed by atoms with Crippen molar-refractivity contribution >= 4 is 0 Å². The number of likely N-dealkylation sites (N-methyl/N-ethyl adjacent to an activating group) is 1. The molecule has 3 nitrogen and oxygen atoms in total. The molecule has 1 aromatic rings. The van der Waals surface area contributed by atoms with Gasteiger partial charge in [0.25, 0.3) is 0 Å². The lowest BCUT2D eigenvalue weighted by molar-refractivity contribution is 0.113. The number of pyridine rings is 1. The maximum Gasteiger partial charge on any atom is 0.0623 e. The largest absolute Gasteiger partial charge is 0.380 e. The van der Waals surface area contributed by atoms with E-state index in [-0.39, 0.29) is 0 Å². The van der Waals surface area contributed by atoms with Crippen LogP contribution in [-0.2, 0) is 17.6 Å². The van der Waals surface area contributed by atoms with Crippen molar-refractivity contribution in [2.24, 2.45) is 0 Å². The quantitative estimate of drug-likeness (QED) is 0.703. The highest BCUT2D eigenvalue weighted by atomic mass is 16.5. The Kier molecular flexibility index (Phi) is 6.82. The van der Waals surface area contributed by atoms with Gasteiger partial charge in [0.05, 0.1) is 6.61 Å². The number of nitrogens with one attached hydrogen (secondary N) is 1. The van der Waals surface area contributed by atoms with Crippen LogP contribution >= 0.6 is 0 Å². The van der Waals surface area contributed by atoms with E-state index >= 15 is 0 Å². The molecule has 0 saturated heterocycles. The summed E-state index contributed by atoms with van der Waals surface area (Å²) in [6.07, 6.45) is 5.00. The molecule has 96 valence electrons. The van der Waals surface area contributed by atoms with Crippen LogP contribution < -0.4 is 5.32 Å². The van der Waals surface area contributed by atoms with Gasteiger partial charge in [-0.15, -0.1) is 0 Å². The Morgan fingerprint density at radius 1 is 1.35 bits per heavy atom. The van der Waals surface area contributed by atoms with Crippen LogP contribution in [0.4, 0.5) is 0 Å². The van der Waals surface area contributed by atoms with E-state index in [9.17, 15) is 0 Å². The van der Waals surface area contributed by atoms with E-state index in [4.69, 9.17) is 4.74 Å². The Hall–Kier alpha value is -0.930. The Bertz CT molecular complexity index is 298. The summed E-state index contributed by atoms with van der Waals surface area (Å²) in [6.45, 7) is 5.85. The first kappa shape index (κ1) is 14.1. The number of rotatable bonds is 8. The molecule has 0 spiro atoms. The zero-order valence-electron chi connectivity index (χ0n) is 11.2. The van der Waals surface area contributed by atoms with Crippen LogP contribution in [0.2, 0.25) is 0 Å². The molecule has 0 radical (unpaired) electrons. The van der Waals surface area contributed by atoms with Crippen LogP contribution in [0.15, 0.2) is 18.3 Å². The highest BCUT2D eigenvalue weighted by molar-refractivity contribution is 5.14. The van der Waals surface area contributed by atoms with Gasteiger partial charge in [0.1, 0.15) is 0 Å². The molecule has 3 heteroatoms. The van der Waals surface area contributed by atoms with Gasteiger partial charge in [0.15, 0.2) is 0 Å². The van der Waals surface area contributed by atoms with Gasteiger partial charge in [-0.1, -0.05) is 19.9 Å². The summed E-state index contributed by atoms with van der Waals surface area (Å²) in [7, 11) is 1.97. The number of aryl methyl sites for hydroxylation is 1. The normalized spacial score (nSPS) is 12.6. The molecule has 0 aromatic carbocycles. The fraction of sp³-hybridized carbons (Fsp3) is 0.643. The smallest absolute Gasteiger partial charge is 0.0623 e. The minimum atomic E-state index is 0.349. The molecule has 1 aromatic heterocycles. The van der Waals surface area contributed by atoms with Crippen molar-refractivity contribution in [1.29, 1.82) is 0 Å². The number of hydrogen-bond donors (Lipinski definition) is 1. The van der Waals surface area contributed by atoms with E-state index in [0.29, 0.717) is 6.04 Å². The average Bonchev–Trinajstić information content (AvgIpc) is 2.38. The van der Waals surface area contributed by atoms with Gasteiger partial charge in [0, 0.05) is 31.0 Å². The molecule has 0 amide bonds. The second kappa shape index (κ2) is 8.20. The Morgan fingerprint density at radius 2 is 2.18 bits per heavy atom. The summed E-state index contributed by atoms with van der Waals surface area (Å²) < 4.78 is 5.56. The summed E-state index contributed by atoms with van der Waals surface area (Å²) in [5, 5.41) is 3.27. The lowest BCUT2D eigenvalue weighted by Crippen LogP contribution is -2.33. The standard InChI is InChI=1S/C14H24N2O/c1-4-8-17-11-14(15-3)9-13-7-6-12(5-2)10-16-13/h6-7,10,14-15H,4-5,8-9,11H2,1-3H3. The summed E-state index contributed by atoms with van der Waals surface area (Å²) in [6, 6.07) is 4.62. The monoisotopic (exact) mass is 236 g/mol. The van der Waals surface area contributed by atoms with E-state index in [1.54, 1.807) is 0 Å². The summed E-state index contributed by atoms with van der Waals surface area (Å²) in [5.74, 6) is 0. The van der Waals surface area contributed by atoms with Crippen molar-refractivity contribution in [3.8, 4) is 0 Å². The molecular weight excluding hydrogens is 212 g/mol. The SMILES string of the molecule is CCCOCC(Cc1ccc(CC)cn1)NC. The molecular formula is C14H24N2O. The van der Waals surface area contributed by atoms with Crippen molar-refractivity contribution in [3.05, 3.63) is 29.6 Å². The first-order valence-electron chi connectivity index (χ1n) is 6.49. The molecule has 1 rings (SSSR count). The van der Waals surface area contributed by atoms with Crippen LogP contribution in [0.3, 0.4) is 0 Å². The maximum absolute atomic E-state index is 5.56. The zero-order valence-corrected chi connectivity index (χ0v) is 11.2. The molecule has 1 unspecified atom stereocenters. The van der Waals surface area contributed by atoms with Crippen molar-refractivity contribution in [3.63, 3.8) is 0 Å². The predicted octanol–water partition coefficient (Wildman–Crippen LogP) is 2.20. The van der Waals surface area contributed by atoms with E-state index in [1.165, 1.54) is 5.56 Å². The lowest BCUT2D eigenvalue weighted by atomic mass is 10.1. The summed E-state index contributed by atoms with van der Waals surface area (Å²) in [5.41, 5.74) is 2.42. The number of ether oxygens (including phenoxy) is 1. The first-order chi connectivity index (χ1) is 8.30. The summed E-state index contributed by atoms with van der Waals surface area (Å²) in [4.78, 5) is 4.47. The summed E-state index contributed by atoms with van der Waals surface area (Å²) >= 11 is 0. The number of aromatic nitrogens is 1. The minimum absolute atomic E-state index is 0.349. The van der Waals surface area contributed by atoms with Gasteiger partial charge < -0.3 is 10.1 Å². The molecule has 1 atom stereocenters. The Morgan fingerprint density at radius 3 is 2.71 bits per heavy atom. The van der Waals surface area contributed by atoms with Crippen LogP contribution in [0.25, 0.3) is 0 Å². The van der Waals surface area contributed by atoms with E-state index in [2.05, 4.69) is 36.3 Å². The fourth-order valence-corrected chi connectivity index (χ4v) is 1.65. The van der Waals surface area contributed by atoms with Gasteiger partial charge in [-0.3, -0.25) is 4.98 Å². The van der Waals surface area contributed by atoms with Crippen LogP contribution in [0, 0.1) is 0 Å². The average molecular weight is 236 g/mol. The van der Waals surface area contributed by atoms with Crippen molar-refractivity contribution in [2.45, 2.75) is 39.2 Å². The molecule has 0 aliphatic rings. The number of hydrogen-bond acceptors (Lipinski definition) is 3. The minimum Gasteiger partial charge on any atom is -0.380 e. The highest BCUT2D eigenvalue weighted by Gasteiger charge is 2.08. The fourth-order valence-electron chi connectivity index (χ4n) is 1.65. The molecule has 0 aliphatic heterocycles. The van der Waals surface area contributed by atoms with Gasteiger partial charge in [-0.25, -0.2) is 0 Å². The number of nitrogens with zero attached hydrogens (tertiary/aromatic N) is 1. The topological polar surface area (TPSA) is 34.1 Å². The van der Waals surface area contributed by atoms with E-state index in [0.717, 1.165) is 38.2 Å². The van der Waals surface area contributed by atoms with Crippen LogP contribution in [0.5, 0.6) is 0 Å². The molecule has 17 heavy (non-hydrogen) atoms. The third kappa shape index (κ3) is 5.29. The van der Waals surface area contributed by atoms with E-state index < -0.39 is 0 Å². The first-order valence-corrected chi connectivity index (χ1v) is 6.49. The zero-order chi connectivity index (χ0) is 12.5. The van der Waals surface area contributed by atoms with Gasteiger partial charge in [-0.2, -0.15) is 0 Å². The van der Waals surface area contributed by atoms with Crippen molar-refractivity contribution in [1.82, 2.24) is 10.3 Å². The Balaban J connectivity index is 2.43. The van der Waals surface area contributed by atoms with Crippen molar-refractivity contribution in [2.75, 3.05) is 20.3 Å². The molecule has 0 fully saturated rings. The molecule has 1 heterocycles. The van der Waals surface area contributed by atoms with E-state index in [1.807, 2.05) is 13.2 Å². The molecule has 0 saturated carbocycles. The predicted molar refractivity (Wildman–Crippen MR) is 71.3 cm³/mol. The molecule has 0 aliphatic carbocycles. The van der Waals surface area contributed by atoms with Crippen LogP contribution in [-0.4, -0.2) is 31.3 Å². The van der Waals surface area contributed by atoms with Gasteiger partial charge in [-0.05, 0) is 31.5 Å². The second-order valence-electron chi connectivity index (χ2n) is 4.28. The lowest BCUT2D eigenvalue weighted by Gasteiger charge is -2.15. The molecule has 0 bridgehead atoms. The molecule has 1 N–H and O–H groups in total. The van der Waals surface area contributed by atoms with Crippen molar-refractivity contribution < 1.29 is 4.74 Å².